The molecule has 1 nitrogen and oxygen atoms in total. The van der Waals surface area contributed by atoms with Gasteiger partial charge in [-0.3, -0.25) is 0 Å². The van der Waals surface area contributed by atoms with Gasteiger partial charge in [-0.05, 0) is 66.0 Å². The number of hydrogen-bond donors (Lipinski definition) is 1. The van der Waals surface area contributed by atoms with Gasteiger partial charge in [0.15, 0.2) is 0 Å². The second kappa shape index (κ2) is 6.01. The summed E-state index contributed by atoms with van der Waals surface area (Å²) in [7, 11) is 0. The van der Waals surface area contributed by atoms with E-state index in [2.05, 4.69) is 59.1 Å². The lowest BCUT2D eigenvalue weighted by Gasteiger charge is -2.20. The van der Waals surface area contributed by atoms with E-state index in [-0.39, 0.29) is 0 Å². The molecular weight excluding hydrogens is 309 g/mol. The Morgan fingerprint density at radius 3 is 2.50 bits per heavy atom. The van der Waals surface area contributed by atoms with E-state index in [0.717, 1.165) is 12.5 Å². The summed E-state index contributed by atoms with van der Waals surface area (Å²) in [6.45, 7) is 3.34. The molecule has 0 saturated heterocycles. The van der Waals surface area contributed by atoms with Gasteiger partial charge in [0.05, 0.1) is 0 Å². The molecule has 0 unspecified atom stereocenters. The van der Waals surface area contributed by atoms with Crippen LogP contribution >= 0.6 is 22.6 Å². The molecule has 1 atom stereocenters. The van der Waals surface area contributed by atoms with Crippen LogP contribution in [-0.2, 0) is 6.54 Å². The van der Waals surface area contributed by atoms with Gasteiger partial charge in [0.1, 0.15) is 0 Å². The Kier molecular flexibility index (Phi) is 4.65. The van der Waals surface area contributed by atoms with Gasteiger partial charge in [-0.15, -0.1) is 0 Å². The van der Waals surface area contributed by atoms with Crippen LogP contribution in [0.4, 0.5) is 0 Å². The molecular formula is C14H20IN. The topological polar surface area (TPSA) is 12.0 Å². The summed E-state index contributed by atoms with van der Waals surface area (Å²) in [5, 5.41) is 3.66. The molecule has 16 heavy (non-hydrogen) atoms. The normalized spacial score (nSPS) is 18.9. The SMILES string of the molecule is C[C@@H](NCc1ccc(I)cc1)C1CCCC1. The third-order valence-electron chi connectivity index (χ3n) is 3.65. The Morgan fingerprint density at radius 2 is 1.88 bits per heavy atom. The van der Waals surface area contributed by atoms with Crippen molar-refractivity contribution in [1.29, 1.82) is 0 Å². The zero-order chi connectivity index (χ0) is 11.4. The second-order valence-corrected chi connectivity index (χ2v) is 6.09. The second-order valence-electron chi connectivity index (χ2n) is 4.84. The quantitative estimate of drug-likeness (QED) is 0.825. The third kappa shape index (κ3) is 3.45. The molecule has 1 aliphatic rings. The van der Waals surface area contributed by atoms with Crippen molar-refractivity contribution >= 4 is 22.6 Å². The molecule has 2 rings (SSSR count). The Hall–Kier alpha value is -0.0900. The molecule has 1 N–H and O–H groups in total. The lowest BCUT2D eigenvalue weighted by Crippen LogP contribution is -2.31. The lowest BCUT2D eigenvalue weighted by atomic mass is 9.99. The van der Waals surface area contributed by atoms with Crippen LogP contribution in [-0.4, -0.2) is 6.04 Å². The van der Waals surface area contributed by atoms with Gasteiger partial charge in [-0.25, -0.2) is 0 Å². The first-order valence-corrected chi connectivity index (χ1v) is 7.31. The van der Waals surface area contributed by atoms with Crippen molar-refractivity contribution in [3.8, 4) is 0 Å². The molecule has 1 saturated carbocycles. The van der Waals surface area contributed by atoms with Crippen molar-refractivity contribution in [3.05, 3.63) is 33.4 Å². The maximum Gasteiger partial charge on any atom is 0.0208 e. The average molecular weight is 329 g/mol. The smallest absolute Gasteiger partial charge is 0.0208 e. The predicted molar refractivity (Wildman–Crippen MR) is 77.4 cm³/mol. The largest absolute Gasteiger partial charge is 0.310 e. The van der Waals surface area contributed by atoms with Crippen molar-refractivity contribution in [2.75, 3.05) is 0 Å². The first-order chi connectivity index (χ1) is 7.75. The van der Waals surface area contributed by atoms with Gasteiger partial charge < -0.3 is 5.32 Å². The number of benzene rings is 1. The van der Waals surface area contributed by atoms with Crippen molar-refractivity contribution in [3.63, 3.8) is 0 Å². The summed E-state index contributed by atoms with van der Waals surface area (Å²) in [5.74, 6) is 0.906. The van der Waals surface area contributed by atoms with Gasteiger partial charge >= 0.3 is 0 Å². The van der Waals surface area contributed by atoms with E-state index in [1.807, 2.05) is 0 Å². The highest BCUT2D eigenvalue weighted by Gasteiger charge is 2.20. The van der Waals surface area contributed by atoms with Crippen LogP contribution in [0.3, 0.4) is 0 Å². The molecule has 0 aliphatic heterocycles. The van der Waals surface area contributed by atoms with Gasteiger partial charge in [-0.2, -0.15) is 0 Å². The van der Waals surface area contributed by atoms with Gasteiger partial charge in [0.2, 0.25) is 0 Å². The minimum atomic E-state index is 0.668. The zero-order valence-electron chi connectivity index (χ0n) is 9.88. The van der Waals surface area contributed by atoms with E-state index in [1.54, 1.807) is 0 Å². The molecule has 1 aromatic carbocycles. The van der Waals surface area contributed by atoms with Crippen LogP contribution in [0, 0.1) is 9.49 Å². The first-order valence-electron chi connectivity index (χ1n) is 6.23. The van der Waals surface area contributed by atoms with E-state index in [1.165, 1.54) is 34.8 Å². The fourth-order valence-electron chi connectivity index (χ4n) is 2.51. The lowest BCUT2D eigenvalue weighted by molar-refractivity contribution is 0.380. The van der Waals surface area contributed by atoms with Crippen LogP contribution in [0.25, 0.3) is 0 Å². The molecule has 1 aromatic rings. The highest BCUT2D eigenvalue weighted by molar-refractivity contribution is 14.1. The van der Waals surface area contributed by atoms with E-state index in [4.69, 9.17) is 0 Å². The van der Waals surface area contributed by atoms with E-state index < -0.39 is 0 Å². The Labute approximate surface area is 112 Å². The zero-order valence-corrected chi connectivity index (χ0v) is 12.0. The average Bonchev–Trinajstić information content (AvgIpc) is 2.81. The van der Waals surface area contributed by atoms with Crippen molar-refractivity contribution in [1.82, 2.24) is 5.32 Å². The highest BCUT2D eigenvalue weighted by atomic mass is 127. The van der Waals surface area contributed by atoms with Crippen molar-refractivity contribution < 1.29 is 0 Å². The third-order valence-corrected chi connectivity index (χ3v) is 4.37. The summed E-state index contributed by atoms with van der Waals surface area (Å²) >= 11 is 2.35. The molecule has 0 spiro atoms. The molecule has 2 heteroatoms. The fraction of sp³-hybridized carbons (Fsp3) is 0.571. The maximum absolute atomic E-state index is 3.66. The first kappa shape index (κ1) is 12.4. The minimum Gasteiger partial charge on any atom is -0.310 e. The standard InChI is InChI=1S/C14H20IN/c1-11(13-4-2-3-5-13)16-10-12-6-8-14(15)9-7-12/h6-9,11,13,16H,2-5,10H2,1H3/t11-/m1/s1. The minimum absolute atomic E-state index is 0.668. The van der Waals surface area contributed by atoms with E-state index >= 15 is 0 Å². The summed E-state index contributed by atoms with van der Waals surface area (Å²) in [6.07, 6.45) is 5.70. The highest BCUT2D eigenvalue weighted by Crippen LogP contribution is 2.27. The molecule has 88 valence electrons. The number of halogens is 1. The Bertz CT molecular complexity index is 314. The summed E-state index contributed by atoms with van der Waals surface area (Å²) in [6, 6.07) is 9.46. The van der Waals surface area contributed by atoms with Crippen LogP contribution in [0.5, 0.6) is 0 Å². The Morgan fingerprint density at radius 1 is 1.25 bits per heavy atom. The number of hydrogen-bond acceptors (Lipinski definition) is 1. The summed E-state index contributed by atoms with van der Waals surface area (Å²) in [5.41, 5.74) is 1.39. The van der Waals surface area contributed by atoms with Crippen LogP contribution in [0.15, 0.2) is 24.3 Å². The summed E-state index contributed by atoms with van der Waals surface area (Å²) in [4.78, 5) is 0. The number of nitrogens with one attached hydrogen (secondary N) is 1. The molecule has 0 radical (unpaired) electrons. The maximum atomic E-state index is 3.66. The number of rotatable bonds is 4. The van der Waals surface area contributed by atoms with Gasteiger partial charge in [0.25, 0.3) is 0 Å². The van der Waals surface area contributed by atoms with Crippen LogP contribution in [0.1, 0.15) is 38.2 Å². The van der Waals surface area contributed by atoms with Crippen LogP contribution in [0.2, 0.25) is 0 Å². The molecule has 1 fully saturated rings. The van der Waals surface area contributed by atoms with Crippen molar-refractivity contribution in [2.45, 2.75) is 45.2 Å². The van der Waals surface area contributed by atoms with Crippen molar-refractivity contribution in [2.24, 2.45) is 5.92 Å². The molecule has 0 amide bonds. The molecule has 0 aromatic heterocycles. The van der Waals surface area contributed by atoms with Gasteiger partial charge in [0, 0.05) is 16.2 Å². The van der Waals surface area contributed by atoms with Crippen LogP contribution < -0.4 is 5.32 Å². The monoisotopic (exact) mass is 329 g/mol. The Balaban J connectivity index is 1.80. The fourth-order valence-corrected chi connectivity index (χ4v) is 2.86. The van der Waals surface area contributed by atoms with E-state index in [9.17, 15) is 0 Å². The molecule has 1 aliphatic carbocycles. The van der Waals surface area contributed by atoms with Gasteiger partial charge in [-0.1, -0.05) is 25.0 Å². The summed E-state index contributed by atoms with van der Waals surface area (Å²) < 4.78 is 1.31. The predicted octanol–water partition coefficient (Wildman–Crippen LogP) is 3.96. The van der Waals surface area contributed by atoms with E-state index in [0.29, 0.717) is 6.04 Å². The molecule has 0 heterocycles. The molecule has 0 bridgehead atoms.